The normalized spacial score (nSPS) is 24.5. The molecule has 1 aromatic carbocycles. The third-order valence-corrected chi connectivity index (χ3v) is 7.72. The summed E-state index contributed by atoms with van der Waals surface area (Å²) in [6.07, 6.45) is -0.919. The summed E-state index contributed by atoms with van der Waals surface area (Å²) in [7, 11) is 2.07. The molecule has 3 atom stereocenters. The van der Waals surface area contributed by atoms with Crippen molar-refractivity contribution in [3.05, 3.63) is 58.1 Å². The average Bonchev–Trinajstić information content (AvgIpc) is 3.31. The van der Waals surface area contributed by atoms with E-state index in [4.69, 9.17) is 21.0 Å². The van der Waals surface area contributed by atoms with Crippen LogP contribution in [0.4, 0.5) is 19.0 Å². The van der Waals surface area contributed by atoms with Crippen LogP contribution in [0.5, 0.6) is 6.01 Å². The van der Waals surface area contributed by atoms with E-state index in [9.17, 15) is 13.2 Å². The summed E-state index contributed by atoms with van der Waals surface area (Å²) in [6, 6.07) is 6.12. The molecule has 3 aliphatic heterocycles. The number of aromatic nitrogens is 2. The summed E-state index contributed by atoms with van der Waals surface area (Å²) < 4.78 is 53.3. The molecule has 7 nitrogen and oxygen atoms in total. The molecule has 1 unspecified atom stereocenters. The highest BCUT2D eigenvalue weighted by atomic mass is 19.4. The van der Waals surface area contributed by atoms with E-state index in [1.807, 2.05) is 0 Å². The van der Waals surface area contributed by atoms with Crippen molar-refractivity contribution in [2.45, 2.75) is 57.0 Å². The highest BCUT2D eigenvalue weighted by molar-refractivity contribution is 5.51. The first kappa shape index (κ1) is 25.7. The molecule has 0 aliphatic carbocycles. The number of alkyl halides is 3. The van der Waals surface area contributed by atoms with Crippen LogP contribution in [0, 0.1) is 12.5 Å². The topological polar surface area (TPSA) is 55.1 Å². The van der Waals surface area contributed by atoms with Gasteiger partial charge in [-0.3, -0.25) is 0 Å². The number of likely N-dealkylation sites (tertiary alicyclic amines) is 1. The van der Waals surface area contributed by atoms with E-state index in [0.29, 0.717) is 25.4 Å². The Morgan fingerprint density at radius 3 is 2.73 bits per heavy atom. The predicted molar refractivity (Wildman–Crippen MR) is 132 cm³/mol. The lowest BCUT2D eigenvalue weighted by atomic mass is 9.94. The fourth-order valence-corrected chi connectivity index (χ4v) is 5.69. The molecule has 4 heterocycles. The maximum absolute atomic E-state index is 13.7. The van der Waals surface area contributed by atoms with Gasteiger partial charge >= 0.3 is 12.2 Å². The minimum Gasteiger partial charge on any atom is -0.462 e. The number of anilines is 1. The van der Waals surface area contributed by atoms with Crippen LogP contribution in [0.2, 0.25) is 0 Å². The van der Waals surface area contributed by atoms with E-state index < -0.39 is 17.8 Å². The highest BCUT2D eigenvalue weighted by Gasteiger charge is 2.38. The molecule has 0 N–H and O–H groups in total. The molecule has 1 aromatic heterocycles. The molecule has 10 heteroatoms. The molecular weight excluding hydrogens is 483 g/mol. The van der Waals surface area contributed by atoms with Crippen molar-refractivity contribution in [3.63, 3.8) is 0 Å². The first-order chi connectivity index (χ1) is 17.8. The average molecular weight is 516 g/mol. The van der Waals surface area contributed by atoms with Gasteiger partial charge in [-0.2, -0.15) is 23.1 Å². The van der Waals surface area contributed by atoms with Gasteiger partial charge in [-0.1, -0.05) is 18.2 Å². The Bertz CT molecular complexity index is 1150. The number of halogens is 3. The number of fused-ring (bicyclic) bond motifs is 1. The van der Waals surface area contributed by atoms with Gasteiger partial charge < -0.3 is 24.1 Å². The largest absolute Gasteiger partial charge is 0.462 e. The number of likely N-dealkylation sites (N-methyl/N-ethyl adjacent to an activating group) is 1. The lowest BCUT2D eigenvalue weighted by molar-refractivity contribution is -0.139. The monoisotopic (exact) mass is 515 g/mol. The quantitative estimate of drug-likeness (QED) is 0.510. The van der Waals surface area contributed by atoms with Gasteiger partial charge in [-0.05, 0) is 50.9 Å². The molecule has 3 aliphatic rings. The standard InChI is InChI=1S/C27H32F3N5O2/c1-31-14-18-7-5-12-35(15-18)25-21-17-36-24(20-9-3-4-10-22(20)27(28,29)30)13-23(21)32-26(33-25)37-16-19-8-6-11-34(19)2/h3-4,9-10,18-19,24H,5-8,11-17H2,2H3/t18-,19-,24?/m0/s1. The molecule has 37 heavy (non-hydrogen) atoms. The minimum atomic E-state index is -4.47. The van der Waals surface area contributed by atoms with E-state index in [-0.39, 0.29) is 36.6 Å². The Morgan fingerprint density at radius 1 is 1.16 bits per heavy atom. The van der Waals surface area contributed by atoms with Gasteiger partial charge in [0.2, 0.25) is 6.54 Å². The summed E-state index contributed by atoms with van der Waals surface area (Å²) in [5.41, 5.74) is 0.900. The second-order valence-electron chi connectivity index (χ2n) is 10.2. The maximum atomic E-state index is 13.7. The van der Waals surface area contributed by atoms with Crippen molar-refractivity contribution < 1.29 is 22.6 Å². The number of hydrogen-bond donors (Lipinski definition) is 0. The van der Waals surface area contributed by atoms with Crippen molar-refractivity contribution in [3.8, 4) is 6.01 Å². The third-order valence-electron chi connectivity index (χ3n) is 7.72. The number of piperidine rings is 1. The molecule has 198 valence electrons. The Labute approximate surface area is 215 Å². The number of benzene rings is 1. The summed E-state index contributed by atoms with van der Waals surface area (Å²) in [4.78, 5) is 17.5. The summed E-state index contributed by atoms with van der Waals surface area (Å²) in [6.45, 7) is 10.8. The zero-order chi connectivity index (χ0) is 26.0. The minimum absolute atomic E-state index is 0.117. The summed E-state index contributed by atoms with van der Waals surface area (Å²) >= 11 is 0. The Kier molecular flexibility index (Phi) is 7.54. The van der Waals surface area contributed by atoms with Gasteiger partial charge in [-0.15, -0.1) is 0 Å². The summed E-state index contributed by atoms with van der Waals surface area (Å²) in [5, 5.41) is 0. The second kappa shape index (κ2) is 10.8. The van der Waals surface area contributed by atoms with Crippen molar-refractivity contribution in [1.82, 2.24) is 14.9 Å². The first-order valence-electron chi connectivity index (χ1n) is 12.9. The Balaban J connectivity index is 1.46. The molecular formula is C27H32F3N5O2. The van der Waals surface area contributed by atoms with Crippen LogP contribution in [0.15, 0.2) is 24.3 Å². The fraction of sp³-hybridized carbons (Fsp3) is 0.593. The van der Waals surface area contributed by atoms with Gasteiger partial charge in [-0.25, -0.2) is 6.57 Å². The van der Waals surface area contributed by atoms with E-state index >= 15 is 0 Å². The van der Waals surface area contributed by atoms with E-state index in [1.54, 1.807) is 6.07 Å². The van der Waals surface area contributed by atoms with Crippen molar-refractivity contribution in [2.75, 3.05) is 44.7 Å². The number of ether oxygens (including phenoxy) is 2. The van der Waals surface area contributed by atoms with E-state index in [0.717, 1.165) is 56.2 Å². The molecule has 2 aromatic rings. The van der Waals surface area contributed by atoms with Crippen molar-refractivity contribution in [1.29, 1.82) is 0 Å². The Hall–Kier alpha value is -2.90. The van der Waals surface area contributed by atoms with Crippen LogP contribution in [0.1, 0.15) is 54.2 Å². The zero-order valence-electron chi connectivity index (χ0n) is 21.0. The van der Waals surface area contributed by atoms with Gasteiger partial charge in [0.05, 0.1) is 24.0 Å². The number of nitrogens with zero attached hydrogens (tertiary/aromatic N) is 5. The fourth-order valence-electron chi connectivity index (χ4n) is 5.69. The van der Waals surface area contributed by atoms with Crippen LogP contribution in [-0.2, 0) is 23.9 Å². The van der Waals surface area contributed by atoms with E-state index in [2.05, 4.69) is 26.7 Å². The highest BCUT2D eigenvalue weighted by Crippen LogP contribution is 2.41. The van der Waals surface area contributed by atoms with E-state index in [1.165, 1.54) is 12.1 Å². The maximum Gasteiger partial charge on any atom is 0.416 e. The van der Waals surface area contributed by atoms with Crippen molar-refractivity contribution in [2.24, 2.45) is 5.92 Å². The molecule has 0 bridgehead atoms. The molecule has 0 radical (unpaired) electrons. The zero-order valence-corrected chi connectivity index (χ0v) is 21.0. The van der Waals surface area contributed by atoms with Gasteiger partial charge in [0.1, 0.15) is 12.4 Å². The summed E-state index contributed by atoms with van der Waals surface area (Å²) in [5.74, 6) is 0.973. The predicted octanol–water partition coefficient (Wildman–Crippen LogP) is 4.92. The third kappa shape index (κ3) is 5.68. The number of hydrogen-bond acceptors (Lipinski definition) is 6. The van der Waals surface area contributed by atoms with Crippen LogP contribution < -0.4 is 9.64 Å². The van der Waals surface area contributed by atoms with Crippen LogP contribution in [-0.4, -0.2) is 60.7 Å². The van der Waals surface area contributed by atoms with Gasteiger partial charge in [0, 0.05) is 37.0 Å². The molecule has 0 amide bonds. The van der Waals surface area contributed by atoms with Crippen LogP contribution >= 0.6 is 0 Å². The molecule has 0 spiro atoms. The lowest BCUT2D eigenvalue weighted by Crippen LogP contribution is -2.38. The van der Waals surface area contributed by atoms with Crippen LogP contribution in [0.3, 0.4) is 0 Å². The van der Waals surface area contributed by atoms with Crippen LogP contribution in [0.25, 0.3) is 4.85 Å². The Morgan fingerprint density at radius 2 is 1.97 bits per heavy atom. The van der Waals surface area contributed by atoms with Crippen molar-refractivity contribution >= 4 is 5.82 Å². The molecule has 0 saturated carbocycles. The SMILES string of the molecule is [C-]#[N+]C[C@@H]1CCCN(c2nc(OC[C@@H]3CCCN3C)nc3c2COC(c2ccccc2C(F)(F)F)C3)C1. The molecule has 2 saturated heterocycles. The first-order valence-corrected chi connectivity index (χ1v) is 12.9. The second-order valence-corrected chi connectivity index (χ2v) is 10.2. The number of rotatable bonds is 6. The lowest BCUT2D eigenvalue weighted by Gasteiger charge is -2.35. The molecule has 5 rings (SSSR count). The van der Waals surface area contributed by atoms with Gasteiger partial charge in [0.25, 0.3) is 0 Å². The smallest absolute Gasteiger partial charge is 0.416 e. The molecule has 2 fully saturated rings. The van der Waals surface area contributed by atoms with Gasteiger partial charge in [0.15, 0.2) is 0 Å².